The maximum absolute atomic E-state index is 14.0. The lowest BCUT2D eigenvalue weighted by Crippen LogP contribution is -2.57. The molecule has 3 N–H and O–H groups in total. The monoisotopic (exact) mass is 278 g/mol. The van der Waals surface area contributed by atoms with Crippen molar-refractivity contribution >= 4 is 5.84 Å². The first kappa shape index (κ1) is 14.9. The Morgan fingerprint density at radius 3 is 2.65 bits per heavy atom. The molecule has 0 spiro atoms. The Bertz CT molecular complexity index is 513. The number of nitrogen functional groups attached to an aromatic ring is 1. The van der Waals surface area contributed by atoms with E-state index in [1.165, 1.54) is 6.07 Å². The van der Waals surface area contributed by atoms with Crippen molar-refractivity contribution in [3.63, 3.8) is 0 Å². The molecule has 1 aromatic rings. The first-order chi connectivity index (χ1) is 9.29. The highest BCUT2D eigenvalue weighted by Gasteiger charge is 2.31. The number of nitrogens with two attached hydrogens (primary N) is 1. The Morgan fingerprint density at radius 1 is 1.40 bits per heavy atom. The maximum Gasteiger partial charge on any atom is 0.128 e. The first-order valence-corrected chi connectivity index (χ1v) is 6.86. The normalized spacial score (nSPS) is 20.0. The molecular formula is C15H23FN4. The summed E-state index contributed by atoms with van der Waals surface area (Å²) in [4.78, 5) is 4.60. The summed E-state index contributed by atoms with van der Waals surface area (Å²) in [7, 11) is 2.12. The van der Waals surface area contributed by atoms with Crippen LogP contribution in [0.15, 0.2) is 18.2 Å². The lowest BCUT2D eigenvalue weighted by Gasteiger charge is -2.45. The van der Waals surface area contributed by atoms with Crippen molar-refractivity contribution in [1.82, 2.24) is 9.80 Å². The smallest absolute Gasteiger partial charge is 0.128 e. The van der Waals surface area contributed by atoms with Gasteiger partial charge in [-0.25, -0.2) is 4.39 Å². The molecule has 5 heteroatoms. The van der Waals surface area contributed by atoms with Gasteiger partial charge in [0.15, 0.2) is 0 Å². The summed E-state index contributed by atoms with van der Waals surface area (Å²) in [5.41, 5.74) is 6.57. The number of likely N-dealkylation sites (N-methyl/N-ethyl adjacent to an activating group) is 1. The van der Waals surface area contributed by atoms with Crippen LogP contribution in [0.25, 0.3) is 0 Å². The number of amidine groups is 1. The molecule has 1 fully saturated rings. The van der Waals surface area contributed by atoms with Crippen LogP contribution in [-0.2, 0) is 6.54 Å². The van der Waals surface area contributed by atoms with Gasteiger partial charge >= 0.3 is 0 Å². The minimum absolute atomic E-state index is 0.101. The molecule has 1 aliphatic heterocycles. The summed E-state index contributed by atoms with van der Waals surface area (Å²) in [6.45, 7) is 7.84. The van der Waals surface area contributed by atoms with E-state index in [4.69, 9.17) is 11.1 Å². The van der Waals surface area contributed by atoms with Crippen molar-refractivity contribution in [2.45, 2.75) is 25.9 Å². The highest BCUT2D eigenvalue weighted by molar-refractivity contribution is 5.94. The molecule has 0 atom stereocenters. The Hall–Kier alpha value is -1.46. The minimum Gasteiger partial charge on any atom is -0.384 e. The minimum atomic E-state index is -0.283. The van der Waals surface area contributed by atoms with Crippen LogP contribution in [0.5, 0.6) is 0 Å². The Balaban J connectivity index is 2.09. The number of piperazine rings is 1. The number of hydrogen-bond acceptors (Lipinski definition) is 3. The third-order valence-electron chi connectivity index (χ3n) is 4.15. The molecule has 1 heterocycles. The average Bonchev–Trinajstić information content (AvgIpc) is 2.35. The maximum atomic E-state index is 14.0. The molecule has 0 radical (unpaired) electrons. The Morgan fingerprint density at radius 2 is 2.10 bits per heavy atom. The van der Waals surface area contributed by atoms with Gasteiger partial charge in [-0.05, 0) is 27.0 Å². The molecule has 0 amide bonds. The summed E-state index contributed by atoms with van der Waals surface area (Å²) in [6.07, 6.45) is 0. The summed E-state index contributed by atoms with van der Waals surface area (Å²) in [6, 6.07) is 4.79. The second kappa shape index (κ2) is 5.50. The molecule has 1 saturated heterocycles. The number of rotatable bonds is 3. The lowest BCUT2D eigenvalue weighted by molar-refractivity contribution is 0.0355. The van der Waals surface area contributed by atoms with Gasteiger partial charge in [-0.3, -0.25) is 15.2 Å². The molecule has 0 saturated carbocycles. The fourth-order valence-corrected chi connectivity index (χ4v) is 2.56. The Kier molecular flexibility index (Phi) is 4.11. The third kappa shape index (κ3) is 3.16. The first-order valence-electron chi connectivity index (χ1n) is 6.86. The summed E-state index contributed by atoms with van der Waals surface area (Å²) in [5.74, 6) is -0.384. The summed E-state index contributed by atoms with van der Waals surface area (Å²) < 4.78 is 14.0. The number of nitrogens with zero attached hydrogens (tertiary/aromatic N) is 2. The zero-order chi connectivity index (χ0) is 14.9. The van der Waals surface area contributed by atoms with E-state index < -0.39 is 0 Å². The molecule has 2 rings (SSSR count). The number of nitrogens with one attached hydrogen (secondary N) is 1. The predicted molar refractivity (Wildman–Crippen MR) is 79.4 cm³/mol. The van der Waals surface area contributed by atoms with Gasteiger partial charge in [-0.15, -0.1) is 0 Å². The van der Waals surface area contributed by atoms with Crippen molar-refractivity contribution in [3.8, 4) is 0 Å². The quantitative estimate of drug-likeness (QED) is 0.653. The second-order valence-corrected chi connectivity index (χ2v) is 6.16. The van der Waals surface area contributed by atoms with Gasteiger partial charge < -0.3 is 5.73 Å². The van der Waals surface area contributed by atoms with Crippen LogP contribution in [0.2, 0.25) is 0 Å². The highest BCUT2D eigenvalue weighted by atomic mass is 19.1. The van der Waals surface area contributed by atoms with Crippen LogP contribution in [0.1, 0.15) is 25.0 Å². The molecular weight excluding hydrogens is 255 g/mol. The van der Waals surface area contributed by atoms with E-state index >= 15 is 0 Å². The lowest BCUT2D eigenvalue weighted by atomic mass is 9.99. The average molecular weight is 278 g/mol. The molecule has 20 heavy (non-hydrogen) atoms. The van der Waals surface area contributed by atoms with Crippen molar-refractivity contribution < 1.29 is 4.39 Å². The van der Waals surface area contributed by atoms with Crippen molar-refractivity contribution in [2.24, 2.45) is 5.73 Å². The SMILES string of the molecule is CN1CCN(Cc2ccc(C(=N)N)cc2F)CC1(C)C. The fourth-order valence-electron chi connectivity index (χ4n) is 2.56. The van der Waals surface area contributed by atoms with Crippen LogP contribution in [-0.4, -0.2) is 47.9 Å². The molecule has 1 aromatic carbocycles. The third-order valence-corrected chi connectivity index (χ3v) is 4.15. The van der Waals surface area contributed by atoms with Crippen LogP contribution >= 0.6 is 0 Å². The topological polar surface area (TPSA) is 56.4 Å². The molecule has 0 bridgehead atoms. The van der Waals surface area contributed by atoms with E-state index in [1.807, 2.05) is 0 Å². The van der Waals surface area contributed by atoms with Crippen LogP contribution in [0, 0.1) is 11.2 Å². The number of hydrogen-bond donors (Lipinski definition) is 2. The van der Waals surface area contributed by atoms with Crippen LogP contribution in [0.3, 0.4) is 0 Å². The van der Waals surface area contributed by atoms with Gasteiger partial charge in [-0.2, -0.15) is 0 Å². The van der Waals surface area contributed by atoms with Crippen molar-refractivity contribution in [3.05, 3.63) is 35.1 Å². The zero-order valence-electron chi connectivity index (χ0n) is 12.4. The van der Waals surface area contributed by atoms with E-state index in [9.17, 15) is 4.39 Å². The standard InChI is InChI=1S/C15H23FN4/c1-15(2)10-20(7-6-19(15)3)9-12-5-4-11(14(17)18)8-13(12)16/h4-5,8H,6-7,9-10H2,1-3H3,(H3,17,18). The molecule has 0 unspecified atom stereocenters. The molecule has 110 valence electrons. The zero-order valence-corrected chi connectivity index (χ0v) is 12.4. The highest BCUT2D eigenvalue weighted by Crippen LogP contribution is 2.21. The van der Waals surface area contributed by atoms with Crippen molar-refractivity contribution in [1.29, 1.82) is 5.41 Å². The molecule has 0 aromatic heterocycles. The van der Waals surface area contributed by atoms with E-state index in [-0.39, 0.29) is 17.2 Å². The molecule has 4 nitrogen and oxygen atoms in total. The molecule has 0 aliphatic carbocycles. The number of benzene rings is 1. The van der Waals surface area contributed by atoms with Crippen molar-refractivity contribution in [2.75, 3.05) is 26.7 Å². The second-order valence-electron chi connectivity index (χ2n) is 6.16. The van der Waals surface area contributed by atoms with Gasteiger partial charge in [0.1, 0.15) is 11.7 Å². The fraction of sp³-hybridized carbons (Fsp3) is 0.533. The molecule has 1 aliphatic rings. The predicted octanol–water partition coefficient (Wildman–Crippen LogP) is 1.64. The van der Waals surface area contributed by atoms with Gasteiger partial charge in [-0.1, -0.05) is 12.1 Å². The largest absolute Gasteiger partial charge is 0.384 e. The summed E-state index contributed by atoms with van der Waals surface area (Å²) in [5, 5.41) is 7.32. The number of halogens is 1. The van der Waals surface area contributed by atoms with Crippen LogP contribution < -0.4 is 5.73 Å². The van der Waals surface area contributed by atoms with Gasteiger partial charge in [0.25, 0.3) is 0 Å². The summed E-state index contributed by atoms with van der Waals surface area (Å²) >= 11 is 0. The van der Waals surface area contributed by atoms with E-state index in [0.717, 1.165) is 19.6 Å². The van der Waals surface area contributed by atoms with E-state index in [2.05, 4.69) is 30.7 Å². The van der Waals surface area contributed by atoms with E-state index in [1.54, 1.807) is 12.1 Å². The van der Waals surface area contributed by atoms with Crippen LogP contribution in [0.4, 0.5) is 4.39 Å². The van der Waals surface area contributed by atoms with E-state index in [0.29, 0.717) is 17.7 Å². The van der Waals surface area contributed by atoms with Gasteiger partial charge in [0.05, 0.1) is 0 Å². The van der Waals surface area contributed by atoms with Gasteiger partial charge in [0, 0.05) is 42.8 Å². The van der Waals surface area contributed by atoms with Gasteiger partial charge in [0.2, 0.25) is 0 Å². The Labute approximate surface area is 119 Å².